The normalized spacial score (nSPS) is 21.6. The molecule has 1 N–H and O–H groups in total. The van der Waals surface area contributed by atoms with Crippen molar-refractivity contribution in [1.29, 1.82) is 0 Å². The molecule has 1 atom stereocenters. The Balaban J connectivity index is 0.00000280. The highest BCUT2D eigenvalue weighted by molar-refractivity contribution is 14.0. The van der Waals surface area contributed by atoms with Crippen LogP contribution in [0.25, 0.3) is 0 Å². The second-order valence-electron chi connectivity index (χ2n) is 7.78. The first-order valence-electron chi connectivity index (χ1n) is 10.0. The van der Waals surface area contributed by atoms with Gasteiger partial charge in [0.2, 0.25) is 0 Å². The van der Waals surface area contributed by atoms with Gasteiger partial charge in [0.05, 0.1) is 0 Å². The number of thioether (sulfide) groups is 1. The lowest BCUT2D eigenvalue weighted by Gasteiger charge is -2.37. The van der Waals surface area contributed by atoms with Crippen LogP contribution in [0.2, 0.25) is 0 Å². The minimum absolute atomic E-state index is 0. The average Bonchev–Trinajstić information content (AvgIpc) is 2.70. The van der Waals surface area contributed by atoms with E-state index in [1.807, 2.05) is 19.3 Å². The largest absolute Gasteiger partial charge is 0.354 e. The number of halogens is 1. The van der Waals surface area contributed by atoms with Gasteiger partial charge in [0.1, 0.15) is 5.82 Å². The van der Waals surface area contributed by atoms with E-state index in [0.717, 1.165) is 57.6 Å². The molecule has 0 aromatic carbocycles. The number of piperazine rings is 1. The number of pyridine rings is 1. The van der Waals surface area contributed by atoms with Crippen LogP contribution in [0.4, 0.5) is 5.82 Å². The van der Waals surface area contributed by atoms with Gasteiger partial charge >= 0.3 is 0 Å². The van der Waals surface area contributed by atoms with Gasteiger partial charge < -0.3 is 20.0 Å². The third-order valence-corrected chi connectivity index (χ3v) is 7.00. The SMILES string of the molecule is CN=C(NCc1cccnc1N1CCN(C)CC1)N1CCSC(C(C)C)C1.I. The van der Waals surface area contributed by atoms with Crippen molar-refractivity contribution >= 4 is 47.5 Å². The van der Waals surface area contributed by atoms with Crippen molar-refractivity contribution in [1.82, 2.24) is 20.1 Å². The Morgan fingerprint density at radius 3 is 2.71 bits per heavy atom. The highest BCUT2D eigenvalue weighted by atomic mass is 127. The van der Waals surface area contributed by atoms with Gasteiger partial charge in [-0.15, -0.1) is 24.0 Å². The molecular weight excluding hydrogens is 483 g/mol. The van der Waals surface area contributed by atoms with Crippen molar-refractivity contribution < 1.29 is 0 Å². The summed E-state index contributed by atoms with van der Waals surface area (Å²) in [6.45, 7) is 11.8. The summed E-state index contributed by atoms with van der Waals surface area (Å²) in [6, 6.07) is 4.22. The van der Waals surface area contributed by atoms with Gasteiger partial charge in [0, 0.05) is 75.6 Å². The number of hydrogen-bond donors (Lipinski definition) is 1. The first-order chi connectivity index (χ1) is 13.1. The Bertz CT molecular complexity index is 633. The van der Waals surface area contributed by atoms with E-state index in [2.05, 4.69) is 68.7 Å². The lowest BCUT2D eigenvalue weighted by Crippen LogP contribution is -2.49. The van der Waals surface area contributed by atoms with Gasteiger partial charge in [-0.2, -0.15) is 11.8 Å². The lowest BCUT2D eigenvalue weighted by atomic mass is 10.1. The summed E-state index contributed by atoms with van der Waals surface area (Å²) in [6.07, 6.45) is 1.90. The number of aliphatic imine (C=N–C) groups is 1. The maximum Gasteiger partial charge on any atom is 0.193 e. The second-order valence-corrected chi connectivity index (χ2v) is 9.12. The molecular formula is C20H35IN6S. The molecule has 2 aliphatic heterocycles. The zero-order valence-electron chi connectivity index (χ0n) is 17.6. The Morgan fingerprint density at radius 2 is 2.04 bits per heavy atom. The van der Waals surface area contributed by atoms with Crippen LogP contribution >= 0.6 is 35.7 Å². The summed E-state index contributed by atoms with van der Waals surface area (Å²) in [5.74, 6) is 3.98. The van der Waals surface area contributed by atoms with Crippen LogP contribution in [0.1, 0.15) is 19.4 Å². The molecule has 8 heteroatoms. The molecule has 2 fully saturated rings. The lowest BCUT2D eigenvalue weighted by molar-refractivity contribution is 0.311. The third-order valence-electron chi connectivity index (χ3n) is 5.46. The number of rotatable bonds is 4. The van der Waals surface area contributed by atoms with E-state index in [1.54, 1.807) is 0 Å². The summed E-state index contributed by atoms with van der Waals surface area (Å²) >= 11 is 2.09. The van der Waals surface area contributed by atoms with Crippen LogP contribution in [0, 0.1) is 5.92 Å². The zero-order chi connectivity index (χ0) is 19.2. The second kappa shape index (κ2) is 11.4. The molecule has 0 saturated carbocycles. The van der Waals surface area contributed by atoms with E-state index >= 15 is 0 Å². The molecule has 158 valence electrons. The number of aromatic nitrogens is 1. The number of guanidine groups is 1. The monoisotopic (exact) mass is 518 g/mol. The van der Waals surface area contributed by atoms with Crippen molar-refractivity contribution in [3.63, 3.8) is 0 Å². The maximum atomic E-state index is 4.69. The van der Waals surface area contributed by atoms with Gasteiger partial charge in [-0.1, -0.05) is 19.9 Å². The molecule has 3 rings (SSSR count). The van der Waals surface area contributed by atoms with Gasteiger partial charge in [-0.25, -0.2) is 4.98 Å². The Labute approximate surface area is 191 Å². The van der Waals surface area contributed by atoms with Gasteiger partial charge in [-0.3, -0.25) is 4.99 Å². The summed E-state index contributed by atoms with van der Waals surface area (Å²) in [4.78, 5) is 16.4. The predicted octanol–water partition coefficient (Wildman–Crippen LogP) is 2.60. The molecule has 0 amide bonds. The van der Waals surface area contributed by atoms with E-state index in [0.29, 0.717) is 11.2 Å². The van der Waals surface area contributed by atoms with E-state index in [4.69, 9.17) is 0 Å². The Hall–Kier alpha value is -0.740. The van der Waals surface area contributed by atoms with Crippen LogP contribution in [0.5, 0.6) is 0 Å². The van der Waals surface area contributed by atoms with Crippen molar-refractivity contribution in [3.8, 4) is 0 Å². The molecule has 6 nitrogen and oxygen atoms in total. The molecule has 28 heavy (non-hydrogen) atoms. The molecule has 0 aliphatic carbocycles. The maximum absolute atomic E-state index is 4.69. The highest BCUT2D eigenvalue weighted by Crippen LogP contribution is 2.25. The van der Waals surface area contributed by atoms with Crippen molar-refractivity contribution in [2.45, 2.75) is 25.6 Å². The van der Waals surface area contributed by atoms with Crippen LogP contribution in [0.15, 0.2) is 23.3 Å². The first-order valence-corrected chi connectivity index (χ1v) is 11.1. The molecule has 2 saturated heterocycles. The van der Waals surface area contributed by atoms with E-state index in [-0.39, 0.29) is 24.0 Å². The first kappa shape index (κ1) is 23.5. The van der Waals surface area contributed by atoms with Gasteiger partial charge in [0.15, 0.2) is 5.96 Å². The third kappa shape index (κ3) is 6.13. The average molecular weight is 519 g/mol. The number of nitrogens with one attached hydrogen (secondary N) is 1. The minimum Gasteiger partial charge on any atom is -0.354 e. The molecule has 2 aliphatic rings. The highest BCUT2D eigenvalue weighted by Gasteiger charge is 2.25. The fraction of sp³-hybridized carbons (Fsp3) is 0.700. The molecule has 1 unspecified atom stereocenters. The zero-order valence-corrected chi connectivity index (χ0v) is 20.7. The number of hydrogen-bond acceptors (Lipinski definition) is 5. The van der Waals surface area contributed by atoms with Gasteiger partial charge in [0.25, 0.3) is 0 Å². The van der Waals surface area contributed by atoms with Crippen molar-refractivity contribution in [2.75, 3.05) is 64.0 Å². The Kier molecular flexibility index (Phi) is 9.62. The quantitative estimate of drug-likeness (QED) is 0.376. The number of likely N-dealkylation sites (N-methyl/N-ethyl adjacent to an activating group) is 1. The number of anilines is 1. The molecule has 0 bridgehead atoms. The van der Waals surface area contributed by atoms with Crippen LogP contribution in [-0.4, -0.2) is 85.1 Å². The molecule has 0 spiro atoms. The smallest absolute Gasteiger partial charge is 0.193 e. The van der Waals surface area contributed by atoms with Crippen molar-refractivity contribution in [3.05, 3.63) is 23.9 Å². The van der Waals surface area contributed by atoms with E-state index < -0.39 is 0 Å². The number of nitrogens with zero attached hydrogens (tertiary/aromatic N) is 5. The molecule has 3 heterocycles. The van der Waals surface area contributed by atoms with Crippen LogP contribution in [-0.2, 0) is 6.54 Å². The van der Waals surface area contributed by atoms with Crippen molar-refractivity contribution in [2.24, 2.45) is 10.9 Å². The standard InChI is InChI=1S/C20H34N6S.HI/c1-16(2)18-15-26(12-13-27-18)20(21-3)23-14-17-6-5-7-22-19(17)25-10-8-24(4)9-11-25;/h5-7,16,18H,8-15H2,1-4H3,(H,21,23);1H. The van der Waals surface area contributed by atoms with Crippen LogP contribution in [0.3, 0.4) is 0 Å². The fourth-order valence-electron chi connectivity index (χ4n) is 3.65. The van der Waals surface area contributed by atoms with Gasteiger partial charge in [-0.05, 0) is 19.0 Å². The molecule has 1 aromatic rings. The summed E-state index contributed by atoms with van der Waals surface area (Å²) in [5, 5.41) is 4.27. The topological polar surface area (TPSA) is 47.0 Å². The summed E-state index contributed by atoms with van der Waals surface area (Å²) in [7, 11) is 4.07. The van der Waals surface area contributed by atoms with E-state index in [1.165, 1.54) is 11.3 Å². The Morgan fingerprint density at radius 1 is 1.29 bits per heavy atom. The fourth-order valence-corrected chi connectivity index (χ4v) is 4.95. The summed E-state index contributed by atoms with van der Waals surface area (Å²) < 4.78 is 0. The van der Waals surface area contributed by atoms with Crippen LogP contribution < -0.4 is 10.2 Å². The summed E-state index contributed by atoms with van der Waals surface area (Å²) in [5.41, 5.74) is 1.25. The van der Waals surface area contributed by atoms with E-state index in [9.17, 15) is 0 Å². The minimum atomic E-state index is 0. The predicted molar refractivity (Wildman–Crippen MR) is 132 cm³/mol. The molecule has 0 radical (unpaired) electrons. The molecule has 1 aromatic heterocycles.